The first kappa shape index (κ1) is 51.9. The van der Waals surface area contributed by atoms with E-state index in [4.69, 9.17) is 37.9 Å². The van der Waals surface area contributed by atoms with Gasteiger partial charge in [0.05, 0.1) is 55.2 Å². The molecule has 0 bridgehead atoms. The van der Waals surface area contributed by atoms with Crippen LogP contribution in [0.25, 0.3) is 0 Å². The van der Waals surface area contributed by atoms with Crippen molar-refractivity contribution in [2.75, 3.05) is 53.6 Å². The van der Waals surface area contributed by atoms with Crippen molar-refractivity contribution in [2.24, 2.45) is 17.8 Å². The number of nitrogens with one attached hydrogen (secondary N) is 2. The molecule has 63 heavy (non-hydrogen) atoms. The third-order valence-corrected chi connectivity index (χ3v) is 14.5. The van der Waals surface area contributed by atoms with Crippen LogP contribution < -0.4 is 15.4 Å². The fraction of sp³-hybridized carbons (Fsp3) is 0.851. The number of rotatable bonds is 11. The number of likely N-dealkylation sites (N-methyl/N-ethyl adjacent to an activating group) is 1. The van der Waals surface area contributed by atoms with Crippen LogP contribution >= 0.6 is 0 Å². The molecule has 4 heterocycles. The van der Waals surface area contributed by atoms with Crippen LogP contribution in [0.4, 0.5) is 0 Å². The van der Waals surface area contributed by atoms with E-state index in [1.807, 2.05) is 65.1 Å². The average molecular weight is 896 g/mol. The molecule has 5 rings (SSSR count). The highest BCUT2D eigenvalue weighted by atomic mass is 16.7. The van der Waals surface area contributed by atoms with E-state index < -0.39 is 95.5 Å². The number of methoxy groups -OCH3 is 1. The molecule has 0 amide bonds. The smallest absolute Gasteiger partial charge is 0.311 e. The SMILES string of the molecule is CC[C@H]1OC(=O)[C@H](C)[C@@H](O[C@H]2C[C@@](C)(OC)[C@](O)(CN3CCOCC3)[C@H](C)O2)[C@H](C)[C@@H](O[C@@H]2O[C@H](C)C[C@H](NC)[C@H]2Oc2ccccc2)[C@](C)(O)C[C@@H](C)CN[C@H](C)[C@@H](O)[C@]1(C)O. The summed E-state index contributed by atoms with van der Waals surface area (Å²) in [5.74, 6) is -2.01. The predicted molar refractivity (Wildman–Crippen MR) is 236 cm³/mol. The molecular weight excluding hydrogens is 815 g/mol. The standard InChI is InChI=1S/C47H81N3O13/c1-13-36-46(10,54)40(51)32(6)49-26-28(2)24-44(8,53)41(63-43-39(35(48-11)23-29(3)58-43)60-34-17-15-14-16-18-34)30(4)38(31(5)42(52)61-36)62-37-25-45(9,56-12)47(55,33(7)59-37)27-50-19-21-57-22-20-50/h14-18,28-33,35-41,43,48-49,51,53-55H,13,19-27H2,1-12H3/t28-,29-,30+,31-,32-,33+,35+,36-,37+,38+,39-,40-,41-,43+,44-,45-,46-,47+/m1/s1. The fourth-order valence-corrected chi connectivity index (χ4v) is 10.4. The number of benzene rings is 1. The third kappa shape index (κ3) is 11.9. The molecule has 18 atom stereocenters. The van der Waals surface area contributed by atoms with Crippen molar-refractivity contribution in [3.05, 3.63) is 30.3 Å². The highest BCUT2D eigenvalue weighted by Crippen LogP contribution is 2.44. The van der Waals surface area contributed by atoms with Crippen molar-refractivity contribution in [1.29, 1.82) is 0 Å². The van der Waals surface area contributed by atoms with Crippen LogP contribution in [0, 0.1) is 17.8 Å². The number of para-hydroxylation sites is 1. The number of esters is 1. The van der Waals surface area contributed by atoms with E-state index in [-0.39, 0.29) is 43.9 Å². The zero-order valence-corrected chi connectivity index (χ0v) is 40.0. The lowest BCUT2D eigenvalue weighted by Gasteiger charge is -2.55. The third-order valence-electron chi connectivity index (χ3n) is 14.5. The summed E-state index contributed by atoms with van der Waals surface area (Å²) in [6, 6.07) is 8.66. The highest BCUT2D eigenvalue weighted by molar-refractivity contribution is 5.73. The Morgan fingerprint density at radius 3 is 2.22 bits per heavy atom. The number of aliphatic hydroxyl groups excluding tert-OH is 1. The molecule has 0 aromatic heterocycles. The van der Waals surface area contributed by atoms with E-state index in [2.05, 4.69) is 15.5 Å². The van der Waals surface area contributed by atoms with E-state index in [9.17, 15) is 25.2 Å². The topological polar surface area (TPSA) is 199 Å². The lowest BCUT2D eigenvalue weighted by molar-refractivity contribution is -0.338. The summed E-state index contributed by atoms with van der Waals surface area (Å²) in [5.41, 5.74) is -5.99. The number of ether oxygens (including phenoxy) is 8. The Morgan fingerprint density at radius 1 is 0.937 bits per heavy atom. The summed E-state index contributed by atoms with van der Waals surface area (Å²) in [7, 11) is 3.43. The Balaban J connectivity index is 1.58. The molecule has 4 aliphatic rings. The Bertz CT molecular complexity index is 1570. The number of morpholine rings is 1. The van der Waals surface area contributed by atoms with Crippen LogP contribution in [0.15, 0.2) is 30.3 Å². The minimum Gasteiger partial charge on any atom is -0.483 e. The van der Waals surface area contributed by atoms with Crippen LogP contribution in [-0.4, -0.2) is 175 Å². The van der Waals surface area contributed by atoms with Crippen molar-refractivity contribution in [3.63, 3.8) is 0 Å². The summed E-state index contributed by atoms with van der Waals surface area (Å²) in [6.07, 6.45) is -6.90. The van der Waals surface area contributed by atoms with Gasteiger partial charge in [0.1, 0.15) is 34.8 Å². The van der Waals surface area contributed by atoms with E-state index in [1.165, 1.54) is 6.92 Å². The number of aliphatic hydroxyl groups is 4. The van der Waals surface area contributed by atoms with Gasteiger partial charge < -0.3 is 69.0 Å². The van der Waals surface area contributed by atoms with Gasteiger partial charge in [-0.15, -0.1) is 0 Å². The van der Waals surface area contributed by atoms with Gasteiger partial charge in [-0.3, -0.25) is 9.69 Å². The van der Waals surface area contributed by atoms with Gasteiger partial charge in [0.2, 0.25) is 0 Å². The maximum Gasteiger partial charge on any atom is 0.311 e. The van der Waals surface area contributed by atoms with Gasteiger partial charge in [0.15, 0.2) is 18.7 Å². The maximum absolute atomic E-state index is 14.6. The molecule has 4 saturated heterocycles. The van der Waals surface area contributed by atoms with E-state index in [0.29, 0.717) is 45.0 Å². The predicted octanol–water partition coefficient (Wildman–Crippen LogP) is 3.01. The van der Waals surface area contributed by atoms with Gasteiger partial charge in [-0.25, -0.2) is 0 Å². The van der Waals surface area contributed by atoms with Crippen LogP contribution in [-0.2, 0) is 38.0 Å². The second-order valence-electron chi connectivity index (χ2n) is 19.7. The molecule has 0 radical (unpaired) electrons. The Morgan fingerprint density at radius 2 is 1.60 bits per heavy atom. The fourth-order valence-electron chi connectivity index (χ4n) is 10.4. The van der Waals surface area contributed by atoms with Crippen LogP contribution in [0.2, 0.25) is 0 Å². The second-order valence-corrected chi connectivity index (χ2v) is 19.7. The molecule has 362 valence electrons. The number of carbonyl (C=O) groups is 1. The number of cyclic esters (lactones) is 1. The molecule has 0 aliphatic carbocycles. The Hall–Kier alpha value is -2.03. The minimum absolute atomic E-state index is 0.0980. The molecule has 0 saturated carbocycles. The van der Waals surface area contributed by atoms with Gasteiger partial charge in [0, 0.05) is 45.1 Å². The van der Waals surface area contributed by atoms with Gasteiger partial charge in [-0.2, -0.15) is 0 Å². The lowest BCUT2D eigenvalue weighted by Crippen LogP contribution is -2.70. The van der Waals surface area contributed by atoms with Crippen LogP contribution in [0.5, 0.6) is 5.75 Å². The molecule has 6 N–H and O–H groups in total. The summed E-state index contributed by atoms with van der Waals surface area (Å²) >= 11 is 0. The molecular formula is C47H81N3O13. The van der Waals surface area contributed by atoms with Gasteiger partial charge in [-0.05, 0) is 99.4 Å². The number of nitrogens with zero attached hydrogens (tertiary/aromatic N) is 1. The zero-order valence-electron chi connectivity index (χ0n) is 40.0. The number of carbonyl (C=O) groups excluding carboxylic acids is 1. The summed E-state index contributed by atoms with van der Waals surface area (Å²) in [4.78, 5) is 16.7. The van der Waals surface area contributed by atoms with E-state index in [0.717, 1.165) is 0 Å². The largest absolute Gasteiger partial charge is 0.483 e. The summed E-state index contributed by atoms with van der Waals surface area (Å²) < 4.78 is 51.7. The first-order valence-electron chi connectivity index (χ1n) is 23.3. The van der Waals surface area contributed by atoms with E-state index in [1.54, 1.807) is 41.7 Å². The quantitative estimate of drug-likeness (QED) is 0.177. The summed E-state index contributed by atoms with van der Waals surface area (Å²) in [6.45, 7) is 21.0. The first-order chi connectivity index (χ1) is 29.6. The first-order valence-corrected chi connectivity index (χ1v) is 23.3. The van der Waals surface area contributed by atoms with Crippen molar-refractivity contribution in [1.82, 2.24) is 15.5 Å². The van der Waals surface area contributed by atoms with Crippen molar-refractivity contribution in [2.45, 2.75) is 185 Å². The second kappa shape index (κ2) is 21.7. The van der Waals surface area contributed by atoms with Crippen molar-refractivity contribution >= 4 is 5.97 Å². The molecule has 4 fully saturated rings. The molecule has 0 spiro atoms. The molecule has 4 aliphatic heterocycles. The molecule has 16 heteroatoms. The number of hydrogen-bond donors (Lipinski definition) is 6. The van der Waals surface area contributed by atoms with E-state index >= 15 is 0 Å². The molecule has 1 aromatic rings. The van der Waals surface area contributed by atoms with Gasteiger partial charge in [-0.1, -0.05) is 39.0 Å². The van der Waals surface area contributed by atoms with Crippen LogP contribution in [0.3, 0.4) is 0 Å². The summed E-state index contributed by atoms with van der Waals surface area (Å²) in [5, 5.41) is 55.3. The monoisotopic (exact) mass is 896 g/mol. The molecule has 16 nitrogen and oxygen atoms in total. The van der Waals surface area contributed by atoms with Gasteiger partial charge >= 0.3 is 5.97 Å². The van der Waals surface area contributed by atoms with Crippen molar-refractivity contribution < 1.29 is 63.1 Å². The maximum atomic E-state index is 14.6. The highest BCUT2D eigenvalue weighted by Gasteiger charge is 2.59. The Labute approximate surface area is 375 Å². The van der Waals surface area contributed by atoms with Crippen LogP contribution in [0.1, 0.15) is 94.9 Å². The number of β-amino-alcohol motifs (C(OH)–C–C–N with tert-alkyl or cyclic N) is 1. The normalized spacial score (nSPS) is 45.4. The minimum atomic E-state index is -1.82. The zero-order chi connectivity index (χ0) is 46.5. The Kier molecular flexibility index (Phi) is 17.9. The van der Waals surface area contributed by atoms with Gasteiger partial charge in [0.25, 0.3) is 0 Å². The molecule has 0 unspecified atom stereocenters. The van der Waals surface area contributed by atoms with Crippen molar-refractivity contribution in [3.8, 4) is 5.75 Å². The lowest BCUT2D eigenvalue weighted by atomic mass is 9.74. The molecule has 1 aromatic carbocycles. The average Bonchev–Trinajstić information content (AvgIpc) is 3.24. The number of hydrogen-bond acceptors (Lipinski definition) is 16.